The van der Waals surface area contributed by atoms with Gasteiger partial charge in [-0.05, 0) is 55.9 Å². The van der Waals surface area contributed by atoms with Crippen molar-refractivity contribution >= 4 is 50.7 Å². The summed E-state index contributed by atoms with van der Waals surface area (Å²) in [7, 11) is -0.103. The zero-order valence-electron chi connectivity index (χ0n) is 19.4. The fourth-order valence-electron chi connectivity index (χ4n) is 4.24. The van der Waals surface area contributed by atoms with Gasteiger partial charge in [-0.3, -0.25) is 4.79 Å². The van der Waals surface area contributed by atoms with Crippen LogP contribution in [-0.2, 0) is 20.2 Å². The number of carbonyl (C=O) groups is 1. The molecule has 4 rings (SSSR count). The number of carboxylic acids is 1. The largest absolute Gasteiger partial charge is 0.480 e. The van der Waals surface area contributed by atoms with E-state index in [1.807, 2.05) is 56.6 Å². The van der Waals surface area contributed by atoms with Crippen LogP contribution in [0.1, 0.15) is 12.0 Å². The summed E-state index contributed by atoms with van der Waals surface area (Å²) in [5, 5.41) is 10.9. The van der Waals surface area contributed by atoms with Crippen molar-refractivity contribution in [2.24, 2.45) is 0 Å². The second kappa shape index (κ2) is 10.2. The van der Waals surface area contributed by atoms with E-state index in [4.69, 9.17) is 11.6 Å². The van der Waals surface area contributed by atoms with Gasteiger partial charge in [0, 0.05) is 33.4 Å². The molecule has 0 amide bonds. The molecule has 0 radical (unpaired) electrons. The maximum absolute atomic E-state index is 13.4. The van der Waals surface area contributed by atoms with Gasteiger partial charge < -0.3 is 10.0 Å². The van der Waals surface area contributed by atoms with Crippen LogP contribution in [0.3, 0.4) is 0 Å². The fourth-order valence-corrected chi connectivity index (χ4v) is 8.60. The average molecular weight is 551 g/mol. The predicted molar refractivity (Wildman–Crippen MR) is 144 cm³/mol. The number of hydrogen-bond acceptors (Lipinski definition) is 6. The lowest BCUT2D eigenvalue weighted by Gasteiger charge is -2.24. The van der Waals surface area contributed by atoms with Gasteiger partial charge >= 0.3 is 5.97 Å². The molecule has 1 heterocycles. The molecule has 6 nitrogen and oxygen atoms in total. The number of halogens is 1. The van der Waals surface area contributed by atoms with Crippen molar-refractivity contribution in [1.29, 1.82) is 0 Å². The number of nitrogens with zero attached hydrogens (tertiary/aromatic N) is 1. The van der Waals surface area contributed by atoms with E-state index in [2.05, 4.69) is 9.62 Å². The van der Waals surface area contributed by atoms with E-state index in [0.29, 0.717) is 10.8 Å². The van der Waals surface area contributed by atoms with Crippen LogP contribution in [0.5, 0.6) is 0 Å². The van der Waals surface area contributed by atoms with Crippen LogP contribution >= 0.6 is 34.7 Å². The first kappa shape index (κ1) is 26.2. The first-order chi connectivity index (χ1) is 16.6. The lowest BCUT2D eigenvalue weighted by atomic mass is 9.92. The Kier molecular flexibility index (Phi) is 7.66. The van der Waals surface area contributed by atoms with Gasteiger partial charge in [-0.15, -0.1) is 11.3 Å². The van der Waals surface area contributed by atoms with Crippen LogP contribution in [0, 0.1) is 0 Å². The fraction of sp³-hybridized carbons (Fsp3) is 0.320. The van der Waals surface area contributed by atoms with Crippen molar-refractivity contribution in [3.8, 4) is 10.4 Å². The molecule has 3 aromatic rings. The molecular weight excluding hydrogens is 524 g/mol. The Hall–Kier alpha value is -1.88. The summed E-state index contributed by atoms with van der Waals surface area (Å²) in [6.07, 6.45) is 0.197. The van der Waals surface area contributed by atoms with Gasteiger partial charge in [0.15, 0.2) is 0 Å². The second-order valence-electron chi connectivity index (χ2n) is 8.92. The lowest BCUT2D eigenvalue weighted by Crippen LogP contribution is -2.49. The maximum Gasteiger partial charge on any atom is 0.325 e. The van der Waals surface area contributed by atoms with Crippen molar-refractivity contribution in [3.63, 3.8) is 0 Å². The molecule has 1 fully saturated rings. The first-order valence-corrected chi connectivity index (χ1v) is 14.8. The Morgan fingerprint density at radius 1 is 1.11 bits per heavy atom. The topological polar surface area (TPSA) is 86.7 Å². The van der Waals surface area contributed by atoms with Crippen molar-refractivity contribution in [2.75, 3.05) is 32.1 Å². The third-order valence-corrected chi connectivity index (χ3v) is 10.8. The first-order valence-electron chi connectivity index (χ1n) is 11.0. The monoisotopic (exact) mass is 550 g/mol. The number of thiophene rings is 1. The number of thioether (sulfide) groups is 1. The molecule has 35 heavy (non-hydrogen) atoms. The number of sulfonamides is 1. The normalized spacial score (nSPS) is 21.8. The van der Waals surface area contributed by atoms with Crippen LogP contribution in [0.4, 0.5) is 0 Å². The molecule has 0 spiro atoms. The number of hydrogen-bond donors (Lipinski definition) is 2. The van der Waals surface area contributed by atoms with Crippen LogP contribution in [0.2, 0.25) is 5.02 Å². The molecule has 1 aromatic heterocycles. The summed E-state index contributed by atoms with van der Waals surface area (Å²) < 4.78 is 29.6. The average Bonchev–Trinajstić information content (AvgIpc) is 3.19. The zero-order chi connectivity index (χ0) is 25.3. The van der Waals surface area contributed by atoms with Gasteiger partial charge in [0.2, 0.25) is 0 Å². The van der Waals surface area contributed by atoms with E-state index < -0.39 is 26.9 Å². The Morgan fingerprint density at radius 2 is 1.80 bits per heavy atom. The molecule has 1 aliphatic carbocycles. The highest BCUT2D eigenvalue weighted by Gasteiger charge is 2.74. The number of benzene rings is 2. The zero-order valence-corrected chi connectivity index (χ0v) is 22.6. The Labute approximate surface area is 219 Å². The lowest BCUT2D eigenvalue weighted by molar-refractivity contribution is -0.140. The van der Waals surface area contributed by atoms with Gasteiger partial charge in [0.1, 0.15) is 9.75 Å². The molecule has 186 valence electrons. The third kappa shape index (κ3) is 5.30. The molecule has 1 aliphatic rings. The molecule has 2 unspecified atom stereocenters. The minimum atomic E-state index is -4.07. The van der Waals surface area contributed by atoms with E-state index in [9.17, 15) is 18.3 Å². The summed E-state index contributed by atoms with van der Waals surface area (Å²) in [6.45, 7) is 0.851. The summed E-state index contributed by atoms with van der Waals surface area (Å²) in [5.74, 6) is 0.159. The predicted octanol–water partition coefficient (Wildman–Crippen LogP) is 4.81. The molecule has 10 heteroatoms. The number of rotatable bonds is 11. The van der Waals surface area contributed by atoms with E-state index in [1.165, 1.54) is 6.07 Å². The molecule has 0 bridgehead atoms. The van der Waals surface area contributed by atoms with Gasteiger partial charge in [-0.2, -0.15) is 16.5 Å². The van der Waals surface area contributed by atoms with Gasteiger partial charge in [-0.1, -0.05) is 54.1 Å². The highest BCUT2D eigenvalue weighted by atomic mass is 35.5. The Balaban J connectivity index is 1.63. The summed E-state index contributed by atoms with van der Waals surface area (Å²) in [5.41, 5.74) is -0.769. The van der Waals surface area contributed by atoms with E-state index in [-0.39, 0.29) is 10.6 Å². The van der Waals surface area contributed by atoms with Gasteiger partial charge in [0.05, 0.1) is 0 Å². The number of carboxylic acid groups (broad SMARTS) is 1. The van der Waals surface area contributed by atoms with E-state index in [1.54, 1.807) is 30.0 Å². The highest BCUT2D eigenvalue weighted by molar-refractivity contribution is 7.99. The van der Waals surface area contributed by atoms with E-state index >= 15 is 0 Å². The summed E-state index contributed by atoms with van der Waals surface area (Å²) in [4.78, 5) is 15.5. The van der Waals surface area contributed by atoms with Gasteiger partial charge in [-0.25, -0.2) is 8.42 Å². The SMILES string of the molecule is CN(C)CCSCC1(c2ccccc2)CC1(NS(=O)(=O)c1ccc(-c2ccc(Cl)cc2)s1)C(=O)O. The number of nitrogens with one attached hydrogen (secondary N) is 1. The molecule has 2 atom stereocenters. The molecule has 0 saturated heterocycles. The van der Waals surface area contributed by atoms with Crippen LogP contribution < -0.4 is 4.72 Å². The second-order valence-corrected chi connectivity index (χ2v) is 13.5. The number of aliphatic carboxylic acids is 1. The maximum atomic E-state index is 13.4. The van der Waals surface area contributed by atoms with Gasteiger partial charge in [0.25, 0.3) is 10.0 Å². The Bertz CT molecular complexity index is 1300. The van der Waals surface area contributed by atoms with Crippen LogP contribution in [-0.4, -0.2) is 62.1 Å². The summed E-state index contributed by atoms with van der Waals surface area (Å²) >= 11 is 8.71. The highest BCUT2D eigenvalue weighted by Crippen LogP contribution is 2.60. The standard InChI is InChI=1S/C25H27ClN2O4S3/c1-28(2)14-15-33-17-24(19-6-4-3-5-7-19)16-25(24,23(29)30)27-35(31,32)22-13-12-21(34-22)18-8-10-20(26)11-9-18/h3-13,27H,14-17H2,1-2H3,(H,29,30). The summed E-state index contributed by atoms with van der Waals surface area (Å²) in [6, 6.07) is 19.7. The minimum Gasteiger partial charge on any atom is -0.480 e. The molecular formula is C25H27ClN2O4S3. The van der Waals surface area contributed by atoms with Crippen molar-refractivity contribution in [3.05, 3.63) is 77.3 Å². The quantitative estimate of drug-likeness (QED) is 0.333. The van der Waals surface area contributed by atoms with Crippen molar-refractivity contribution < 1.29 is 18.3 Å². The molecule has 1 saturated carbocycles. The van der Waals surface area contributed by atoms with Crippen LogP contribution in [0.15, 0.2) is 70.9 Å². The smallest absolute Gasteiger partial charge is 0.325 e. The van der Waals surface area contributed by atoms with E-state index in [0.717, 1.165) is 39.6 Å². The molecule has 0 aliphatic heterocycles. The third-order valence-electron chi connectivity index (χ3n) is 6.27. The molecule has 2 N–H and O–H groups in total. The Morgan fingerprint density at radius 3 is 2.43 bits per heavy atom. The van der Waals surface area contributed by atoms with Crippen LogP contribution in [0.25, 0.3) is 10.4 Å². The molecule has 2 aromatic carbocycles. The minimum absolute atomic E-state index is 0.0807. The van der Waals surface area contributed by atoms with Crippen molar-refractivity contribution in [1.82, 2.24) is 9.62 Å². The van der Waals surface area contributed by atoms with Crippen molar-refractivity contribution in [2.45, 2.75) is 21.6 Å².